The van der Waals surface area contributed by atoms with Crippen molar-refractivity contribution in [3.8, 4) is 5.75 Å². The Hall–Kier alpha value is -3.07. The van der Waals surface area contributed by atoms with E-state index in [1.165, 1.54) is 49.9 Å². The number of pyridine rings is 1. The molecular weight excluding hydrogens is 346 g/mol. The molecule has 3 rings (SSSR count). The molecule has 0 aliphatic heterocycles. The lowest BCUT2D eigenvalue weighted by atomic mass is 10.1. The van der Waals surface area contributed by atoms with Gasteiger partial charge in [0.25, 0.3) is 10.0 Å². The van der Waals surface area contributed by atoms with Crippen LogP contribution in [0.2, 0.25) is 0 Å². The highest BCUT2D eigenvalue weighted by atomic mass is 32.2. The van der Waals surface area contributed by atoms with E-state index in [1.54, 1.807) is 6.07 Å². The van der Waals surface area contributed by atoms with E-state index in [2.05, 4.69) is 4.98 Å². The van der Waals surface area contributed by atoms with Gasteiger partial charge in [0.1, 0.15) is 10.6 Å². The maximum absolute atomic E-state index is 12.9. The number of phenolic OH excluding ortho intramolecular Hbond substituents is 1. The van der Waals surface area contributed by atoms with Crippen molar-refractivity contribution in [3.05, 3.63) is 54.5 Å². The van der Waals surface area contributed by atoms with Crippen LogP contribution in [0.25, 0.3) is 10.9 Å². The molecule has 0 unspecified atom stereocenters. The molecule has 0 atom stereocenters. The monoisotopic (exact) mass is 361 g/mol. The van der Waals surface area contributed by atoms with Crippen LogP contribution in [-0.4, -0.2) is 45.6 Å². The van der Waals surface area contributed by atoms with Gasteiger partial charge in [-0.3, -0.25) is 4.98 Å². The maximum Gasteiger partial charge on any atom is 0.407 e. The maximum atomic E-state index is 12.9. The molecule has 8 nitrogen and oxygen atoms in total. The summed E-state index contributed by atoms with van der Waals surface area (Å²) in [5.41, 5.74) is 0.769. The summed E-state index contributed by atoms with van der Waals surface area (Å²) in [5.74, 6) is -0.0913. The molecular formula is C16H15N3O5S. The highest BCUT2D eigenvalue weighted by Gasteiger charge is 2.22. The number of aromatic hydroxyl groups is 1. The summed E-state index contributed by atoms with van der Waals surface area (Å²) < 4.78 is 26.8. The van der Waals surface area contributed by atoms with E-state index < -0.39 is 16.1 Å². The smallest absolute Gasteiger partial charge is 0.407 e. The van der Waals surface area contributed by atoms with E-state index in [0.29, 0.717) is 10.9 Å². The zero-order valence-corrected chi connectivity index (χ0v) is 14.0. The van der Waals surface area contributed by atoms with Crippen molar-refractivity contribution in [1.82, 2.24) is 13.9 Å². The number of carboxylic acid groups (broad SMARTS) is 1. The Morgan fingerprint density at radius 2 is 2.08 bits per heavy atom. The molecule has 1 aromatic carbocycles. The fourth-order valence-electron chi connectivity index (χ4n) is 2.52. The summed E-state index contributed by atoms with van der Waals surface area (Å²) in [6.45, 7) is 0.00612. The average molecular weight is 361 g/mol. The number of amides is 1. The van der Waals surface area contributed by atoms with Crippen LogP contribution in [0.4, 0.5) is 4.79 Å². The second kappa shape index (κ2) is 6.10. The molecule has 0 aliphatic rings. The lowest BCUT2D eigenvalue weighted by molar-refractivity contribution is 0.154. The summed E-state index contributed by atoms with van der Waals surface area (Å²) in [5, 5.41) is 19.3. The van der Waals surface area contributed by atoms with Crippen molar-refractivity contribution in [3.63, 3.8) is 0 Å². The first-order valence-electron chi connectivity index (χ1n) is 7.23. The number of hydrogen-bond donors (Lipinski definition) is 2. The molecule has 0 bridgehead atoms. The third-order valence-corrected chi connectivity index (χ3v) is 5.42. The van der Waals surface area contributed by atoms with Crippen molar-refractivity contribution in [2.24, 2.45) is 0 Å². The molecule has 0 radical (unpaired) electrons. The number of carbonyl (C=O) groups is 1. The minimum absolute atomic E-state index is 0.00612. The number of aromatic nitrogens is 2. The van der Waals surface area contributed by atoms with Crippen molar-refractivity contribution < 1.29 is 23.4 Å². The summed E-state index contributed by atoms with van der Waals surface area (Å²) in [4.78, 5) is 15.9. The summed E-state index contributed by atoms with van der Waals surface area (Å²) in [6, 6.07) is 7.24. The molecule has 9 heteroatoms. The third-order valence-electron chi connectivity index (χ3n) is 3.76. The highest BCUT2D eigenvalue weighted by Crippen LogP contribution is 2.29. The predicted molar refractivity (Wildman–Crippen MR) is 89.9 cm³/mol. The van der Waals surface area contributed by atoms with Crippen molar-refractivity contribution in [2.45, 2.75) is 11.4 Å². The molecule has 0 fully saturated rings. The number of hydrogen-bond acceptors (Lipinski definition) is 5. The Kier molecular flexibility index (Phi) is 4.09. The summed E-state index contributed by atoms with van der Waals surface area (Å²) >= 11 is 0. The molecule has 0 saturated heterocycles. The lowest BCUT2D eigenvalue weighted by Crippen LogP contribution is -2.23. The van der Waals surface area contributed by atoms with Crippen molar-refractivity contribution in [2.75, 3.05) is 7.05 Å². The Labute approximate surface area is 143 Å². The first-order valence-corrected chi connectivity index (χ1v) is 8.67. The normalized spacial score (nSPS) is 11.6. The molecule has 0 aliphatic carbocycles. The number of nitrogens with zero attached hydrogens (tertiary/aromatic N) is 3. The number of phenols is 1. The van der Waals surface area contributed by atoms with Gasteiger partial charge in [-0.25, -0.2) is 17.2 Å². The summed E-state index contributed by atoms with van der Waals surface area (Å²) in [7, 11) is -2.55. The minimum Gasteiger partial charge on any atom is -0.508 e. The van der Waals surface area contributed by atoms with E-state index in [-0.39, 0.29) is 22.7 Å². The second-order valence-electron chi connectivity index (χ2n) is 5.48. The van der Waals surface area contributed by atoms with E-state index in [9.17, 15) is 18.3 Å². The molecule has 3 aromatic rings. The van der Waals surface area contributed by atoms with E-state index in [1.807, 2.05) is 0 Å². The Morgan fingerprint density at radius 1 is 1.32 bits per heavy atom. The van der Waals surface area contributed by atoms with Gasteiger partial charge in [-0.2, -0.15) is 0 Å². The Morgan fingerprint density at radius 3 is 2.72 bits per heavy atom. The van der Waals surface area contributed by atoms with Crippen LogP contribution in [0, 0.1) is 0 Å². The van der Waals surface area contributed by atoms with E-state index >= 15 is 0 Å². The highest BCUT2D eigenvalue weighted by molar-refractivity contribution is 7.90. The average Bonchev–Trinajstić information content (AvgIpc) is 2.94. The van der Waals surface area contributed by atoms with Gasteiger partial charge < -0.3 is 15.1 Å². The van der Waals surface area contributed by atoms with Crippen LogP contribution >= 0.6 is 0 Å². The molecule has 2 N–H and O–H groups in total. The van der Waals surface area contributed by atoms with Gasteiger partial charge in [0.05, 0.1) is 12.1 Å². The van der Waals surface area contributed by atoms with Gasteiger partial charge in [0, 0.05) is 37.1 Å². The first kappa shape index (κ1) is 16.8. The van der Waals surface area contributed by atoms with E-state index in [4.69, 9.17) is 5.11 Å². The Bertz CT molecular complexity index is 1040. The Balaban J connectivity index is 2.22. The lowest BCUT2D eigenvalue weighted by Gasteiger charge is -2.11. The first-order chi connectivity index (χ1) is 11.8. The zero-order chi connectivity index (χ0) is 18.2. The van der Waals surface area contributed by atoms with Gasteiger partial charge in [0.15, 0.2) is 0 Å². The van der Waals surface area contributed by atoms with Gasteiger partial charge in [-0.1, -0.05) is 0 Å². The topological polar surface area (TPSA) is 113 Å². The van der Waals surface area contributed by atoms with Crippen molar-refractivity contribution in [1.29, 1.82) is 0 Å². The van der Waals surface area contributed by atoms with Crippen LogP contribution in [0.1, 0.15) is 5.56 Å². The molecule has 2 heterocycles. The number of rotatable bonds is 4. The minimum atomic E-state index is -3.94. The number of benzene rings is 1. The third kappa shape index (κ3) is 3.01. The largest absolute Gasteiger partial charge is 0.508 e. The molecule has 1 amide bonds. The van der Waals surface area contributed by atoms with Crippen LogP contribution < -0.4 is 0 Å². The van der Waals surface area contributed by atoms with Crippen molar-refractivity contribution >= 4 is 27.0 Å². The SMILES string of the molecule is CN(Cc1cn(S(=O)(=O)c2cccnc2)c2cc(O)ccc12)C(=O)O. The predicted octanol–water partition coefficient (Wildman–Crippen LogP) is 2.09. The van der Waals surface area contributed by atoms with Gasteiger partial charge in [0.2, 0.25) is 0 Å². The van der Waals surface area contributed by atoms with Crippen LogP contribution in [-0.2, 0) is 16.6 Å². The molecule has 25 heavy (non-hydrogen) atoms. The molecule has 0 spiro atoms. The van der Waals surface area contributed by atoms with Crippen LogP contribution in [0.15, 0.2) is 53.8 Å². The number of fused-ring (bicyclic) bond motifs is 1. The van der Waals surface area contributed by atoms with E-state index in [0.717, 1.165) is 8.87 Å². The van der Waals surface area contributed by atoms with Gasteiger partial charge >= 0.3 is 6.09 Å². The fraction of sp³-hybridized carbons (Fsp3) is 0.125. The summed E-state index contributed by atoms with van der Waals surface area (Å²) in [6.07, 6.45) is 2.93. The zero-order valence-electron chi connectivity index (χ0n) is 13.2. The van der Waals surface area contributed by atoms with Gasteiger partial charge in [-0.15, -0.1) is 0 Å². The molecule has 2 aromatic heterocycles. The fourth-order valence-corrected chi connectivity index (χ4v) is 3.86. The van der Waals surface area contributed by atoms with Crippen LogP contribution in [0.3, 0.4) is 0 Å². The molecule has 130 valence electrons. The standard InChI is InChI=1S/C16H15N3O5S/c1-18(16(21)22)9-11-10-19(15-7-12(20)4-5-14(11)15)25(23,24)13-3-2-6-17-8-13/h2-8,10,20H,9H2,1H3,(H,21,22). The van der Waals surface area contributed by atoms with Gasteiger partial charge in [-0.05, 0) is 29.8 Å². The second-order valence-corrected chi connectivity index (χ2v) is 7.30. The molecule has 0 saturated carbocycles. The quantitative estimate of drug-likeness (QED) is 0.736. The van der Waals surface area contributed by atoms with Crippen LogP contribution in [0.5, 0.6) is 5.75 Å².